The quantitative estimate of drug-likeness (QED) is 0.802. The number of amides is 1. The van der Waals surface area contributed by atoms with E-state index in [1.807, 2.05) is 31.4 Å². The smallest absolute Gasteiger partial charge is 0.248 e. The SMILES string of the molecule is CC1N(C)C(=O)COC12CCN(Cc1nccn1C)CC2. The molecule has 6 nitrogen and oxygen atoms in total. The number of likely N-dealkylation sites (N-methyl/N-ethyl adjacent to an activating group) is 1. The summed E-state index contributed by atoms with van der Waals surface area (Å²) in [4.78, 5) is 20.4. The lowest BCUT2D eigenvalue weighted by Crippen LogP contribution is -2.62. The van der Waals surface area contributed by atoms with E-state index in [0.717, 1.165) is 38.3 Å². The van der Waals surface area contributed by atoms with Crippen LogP contribution in [0.1, 0.15) is 25.6 Å². The van der Waals surface area contributed by atoms with Crippen molar-refractivity contribution in [1.82, 2.24) is 19.4 Å². The fraction of sp³-hybridized carbons (Fsp3) is 0.733. The highest BCUT2D eigenvalue weighted by atomic mass is 16.5. The third kappa shape index (κ3) is 2.58. The lowest BCUT2D eigenvalue weighted by atomic mass is 9.83. The zero-order valence-corrected chi connectivity index (χ0v) is 13.1. The Labute approximate surface area is 125 Å². The molecule has 1 amide bonds. The topological polar surface area (TPSA) is 50.6 Å². The van der Waals surface area contributed by atoms with Gasteiger partial charge in [-0.1, -0.05) is 0 Å². The van der Waals surface area contributed by atoms with E-state index in [9.17, 15) is 4.79 Å². The summed E-state index contributed by atoms with van der Waals surface area (Å²) in [5.74, 6) is 1.18. The van der Waals surface area contributed by atoms with Gasteiger partial charge in [-0.25, -0.2) is 4.98 Å². The van der Waals surface area contributed by atoms with E-state index in [1.165, 1.54) is 0 Å². The van der Waals surface area contributed by atoms with Crippen LogP contribution in [0.2, 0.25) is 0 Å². The van der Waals surface area contributed by atoms with Gasteiger partial charge in [0.05, 0.1) is 18.2 Å². The fourth-order valence-corrected chi connectivity index (χ4v) is 3.40. The van der Waals surface area contributed by atoms with Crippen molar-refractivity contribution < 1.29 is 9.53 Å². The monoisotopic (exact) mass is 292 g/mol. The largest absolute Gasteiger partial charge is 0.363 e. The number of carbonyl (C=O) groups is 1. The number of rotatable bonds is 2. The number of aromatic nitrogens is 2. The summed E-state index contributed by atoms with van der Waals surface area (Å²) < 4.78 is 8.04. The maximum Gasteiger partial charge on any atom is 0.248 e. The van der Waals surface area contributed by atoms with Crippen LogP contribution in [-0.4, -0.2) is 63.6 Å². The van der Waals surface area contributed by atoms with E-state index in [0.29, 0.717) is 0 Å². The maximum absolute atomic E-state index is 11.7. The zero-order valence-electron chi connectivity index (χ0n) is 13.1. The fourth-order valence-electron chi connectivity index (χ4n) is 3.40. The molecule has 2 fully saturated rings. The number of morpholine rings is 1. The van der Waals surface area contributed by atoms with Gasteiger partial charge in [-0.3, -0.25) is 9.69 Å². The van der Waals surface area contributed by atoms with Crippen molar-refractivity contribution in [1.29, 1.82) is 0 Å². The molecule has 1 unspecified atom stereocenters. The van der Waals surface area contributed by atoms with E-state index in [4.69, 9.17) is 4.74 Å². The summed E-state index contributed by atoms with van der Waals surface area (Å²) in [5.41, 5.74) is -0.166. The Bertz CT molecular complexity index is 519. The number of carbonyl (C=O) groups excluding carboxylic acids is 1. The van der Waals surface area contributed by atoms with Crippen LogP contribution >= 0.6 is 0 Å². The van der Waals surface area contributed by atoms with Crippen molar-refractivity contribution >= 4 is 5.91 Å². The summed E-state index contributed by atoms with van der Waals surface area (Å²) in [5, 5.41) is 0. The van der Waals surface area contributed by atoms with Crippen LogP contribution in [-0.2, 0) is 23.1 Å². The Hall–Kier alpha value is -1.40. The van der Waals surface area contributed by atoms with Gasteiger partial charge in [0.15, 0.2) is 0 Å². The molecular weight excluding hydrogens is 268 g/mol. The first-order chi connectivity index (χ1) is 10.0. The molecule has 2 aliphatic heterocycles. The molecule has 0 N–H and O–H groups in total. The molecule has 2 aliphatic rings. The first kappa shape index (κ1) is 14.5. The van der Waals surface area contributed by atoms with Crippen molar-refractivity contribution in [3.8, 4) is 0 Å². The number of hydrogen-bond acceptors (Lipinski definition) is 4. The Morgan fingerprint density at radius 3 is 2.71 bits per heavy atom. The average Bonchev–Trinajstić information content (AvgIpc) is 2.89. The second kappa shape index (κ2) is 5.42. The van der Waals surface area contributed by atoms with Gasteiger partial charge >= 0.3 is 0 Å². The first-order valence-electron chi connectivity index (χ1n) is 7.60. The van der Waals surface area contributed by atoms with Gasteiger partial charge in [0.1, 0.15) is 12.4 Å². The van der Waals surface area contributed by atoms with E-state index in [2.05, 4.69) is 21.4 Å². The number of nitrogens with zero attached hydrogens (tertiary/aromatic N) is 4. The predicted octanol–water partition coefficient (Wildman–Crippen LogP) is 0.632. The van der Waals surface area contributed by atoms with Crippen LogP contribution in [0.3, 0.4) is 0 Å². The number of likely N-dealkylation sites (tertiary alicyclic amines) is 1. The van der Waals surface area contributed by atoms with Crippen molar-refractivity contribution in [3.05, 3.63) is 18.2 Å². The normalized spacial score (nSPS) is 26.5. The molecule has 2 saturated heterocycles. The number of hydrogen-bond donors (Lipinski definition) is 0. The molecule has 1 aromatic heterocycles. The molecule has 0 radical (unpaired) electrons. The molecule has 0 aliphatic carbocycles. The highest BCUT2D eigenvalue weighted by molar-refractivity contribution is 5.78. The molecule has 0 bridgehead atoms. The lowest BCUT2D eigenvalue weighted by molar-refractivity contribution is -0.183. The zero-order chi connectivity index (χ0) is 15.0. The summed E-state index contributed by atoms with van der Waals surface area (Å²) in [7, 11) is 3.91. The van der Waals surface area contributed by atoms with Crippen molar-refractivity contribution in [3.63, 3.8) is 0 Å². The molecule has 0 aromatic carbocycles. The summed E-state index contributed by atoms with van der Waals surface area (Å²) >= 11 is 0. The third-order valence-electron chi connectivity index (χ3n) is 5.21. The van der Waals surface area contributed by atoms with E-state index < -0.39 is 0 Å². The third-order valence-corrected chi connectivity index (χ3v) is 5.21. The molecule has 6 heteroatoms. The van der Waals surface area contributed by atoms with E-state index in [1.54, 1.807) is 0 Å². The van der Waals surface area contributed by atoms with Crippen LogP contribution in [0, 0.1) is 0 Å². The Balaban J connectivity index is 1.62. The minimum absolute atomic E-state index is 0.0866. The van der Waals surface area contributed by atoms with E-state index >= 15 is 0 Å². The lowest BCUT2D eigenvalue weighted by Gasteiger charge is -2.50. The summed E-state index contributed by atoms with van der Waals surface area (Å²) in [6.07, 6.45) is 5.76. The highest BCUT2D eigenvalue weighted by Gasteiger charge is 2.46. The molecule has 1 atom stereocenters. The van der Waals surface area contributed by atoms with Gasteiger partial charge in [0, 0.05) is 39.6 Å². The Morgan fingerprint density at radius 1 is 1.38 bits per heavy atom. The van der Waals surface area contributed by atoms with Crippen LogP contribution in [0.25, 0.3) is 0 Å². The number of aryl methyl sites for hydroxylation is 1. The average molecular weight is 292 g/mol. The van der Waals surface area contributed by atoms with Gasteiger partial charge in [0.2, 0.25) is 5.91 Å². The predicted molar refractivity (Wildman–Crippen MR) is 78.6 cm³/mol. The first-order valence-corrected chi connectivity index (χ1v) is 7.60. The number of imidazole rings is 1. The number of piperidine rings is 1. The van der Waals surface area contributed by atoms with Gasteiger partial charge in [-0.2, -0.15) is 0 Å². The second-order valence-electron chi connectivity index (χ2n) is 6.26. The molecule has 116 valence electrons. The van der Waals surface area contributed by atoms with Crippen molar-refractivity contribution in [2.24, 2.45) is 7.05 Å². The van der Waals surface area contributed by atoms with Crippen molar-refractivity contribution in [2.75, 3.05) is 26.7 Å². The molecule has 3 heterocycles. The Kier molecular flexibility index (Phi) is 3.75. The highest BCUT2D eigenvalue weighted by Crippen LogP contribution is 2.35. The molecule has 1 spiro atoms. The minimum atomic E-state index is -0.166. The van der Waals surface area contributed by atoms with Crippen LogP contribution in [0.4, 0.5) is 0 Å². The minimum Gasteiger partial charge on any atom is -0.363 e. The molecule has 1 aromatic rings. The van der Waals surface area contributed by atoms with Crippen LogP contribution in [0.15, 0.2) is 12.4 Å². The summed E-state index contributed by atoms with van der Waals surface area (Å²) in [6, 6.07) is 0.147. The molecular formula is C15H24N4O2. The van der Waals surface area contributed by atoms with Crippen molar-refractivity contribution in [2.45, 2.75) is 38.0 Å². The number of ether oxygens (including phenoxy) is 1. The van der Waals surface area contributed by atoms with Crippen LogP contribution < -0.4 is 0 Å². The Morgan fingerprint density at radius 2 is 2.10 bits per heavy atom. The van der Waals surface area contributed by atoms with Crippen LogP contribution in [0.5, 0.6) is 0 Å². The molecule has 21 heavy (non-hydrogen) atoms. The van der Waals surface area contributed by atoms with Gasteiger partial charge in [-0.05, 0) is 19.8 Å². The molecule has 0 saturated carbocycles. The molecule has 3 rings (SSSR count). The maximum atomic E-state index is 11.7. The summed E-state index contributed by atoms with van der Waals surface area (Å²) in [6.45, 7) is 5.17. The van der Waals surface area contributed by atoms with Gasteiger partial charge in [0.25, 0.3) is 0 Å². The van der Waals surface area contributed by atoms with E-state index in [-0.39, 0.29) is 24.2 Å². The van der Waals surface area contributed by atoms with Gasteiger partial charge in [-0.15, -0.1) is 0 Å². The van der Waals surface area contributed by atoms with Gasteiger partial charge < -0.3 is 14.2 Å². The second-order valence-corrected chi connectivity index (χ2v) is 6.26. The standard InChI is InChI=1S/C15H24N4O2/c1-12-15(21-11-14(20)18(12)3)4-7-19(8-5-15)10-13-16-6-9-17(13)2/h6,9,12H,4-5,7-8,10-11H2,1-3H3.